The van der Waals surface area contributed by atoms with Gasteiger partial charge in [-0.1, -0.05) is 73.6 Å². The van der Waals surface area contributed by atoms with Gasteiger partial charge in [-0.3, -0.25) is 4.90 Å². The fourth-order valence-corrected chi connectivity index (χ4v) is 16.2. The van der Waals surface area contributed by atoms with Crippen LogP contribution < -0.4 is 5.32 Å². The molecule has 5 fully saturated rings. The molecule has 324 valence electrons. The number of aromatic carboxylic acids is 1. The summed E-state index contributed by atoms with van der Waals surface area (Å²) in [6.07, 6.45) is 13.5. The van der Waals surface area contributed by atoms with Crippen molar-refractivity contribution in [2.24, 2.45) is 56.7 Å². The number of carboxylic acids is 1. The monoisotopic (exact) mass is 822 g/mol. The Kier molecular flexibility index (Phi) is 11.7. The minimum atomic E-state index is -2.96. The number of sulfone groups is 1. The Morgan fingerprint density at radius 3 is 2.22 bits per heavy atom. The Bertz CT molecular complexity index is 1840. The molecule has 9 unspecified atom stereocenters. The summed E-state index contributed by atoms with van der Waals surface area (Å²) >= 11 is 0. The molecule has 10 heteroatoms. The average Bonchev–Trinajstić information content (AvgIpc) is 3.54. The molecule has 1 aromatic rings. The highest BCUT2D eigenvalue weighted by Crippen LogP contribution is 2.77. The minimum absolute atomic E-state index is 0.0353. The van der Waals surface area contributed by atoms with Gasteiger partial charge in [0.25, 0.3) is 0 Å². The van der Waals surface area contributed by atoms with Crippen LogP contribution in [0.5, 0.6) is 0 Å². The molecular formula is C48H75N3O6S. The van der Waals surface area contributed by atoms with Crippen LogP contribution in [0, 0.1) is 56.7 Å². The molecule has 0 aromatic heterocycles. The Morgan fingerprint density at radius 2 is 1.59 bits per heavy atom. The van der Waals surface area contributed by atoms with E-state index in [0.717, 1.165) is 44.1 Å². The molecule has 0 bridgehead atoms. The summed E-state index contributed by atoms with van der Waals surface area (Å²) in [5, 5.41) is 13.4. The molecule has 1 aliphatic heterocycles. The van der Waals surface area contributed by atoms with E-state index in [1.165, 1.54) is 31.3 Å². The number of nitrogens with one attached hydrogen (secondary N) is 1. The van der Waals surface area contributed by atoms with Gasteiger partial charge < -0.3 is 20.1 Å². The quantitative estimate of drug-likeness (QED) is 0.227. The summed E-state index contributed by atoms with van der Waals surface area (Å²) in [5.74, 6) is 2.11. The Balaban J connectivity index is 1.15. The Morgan fingerprint density at radius 1 is 0.897 bits per heavy atom. The van der Waals surface area contributed by atoms with E-state index in [2.05, 4.69) is 71.7 Å². The van der Waals surface area contributed by atoms with Crippen LogP contribution in [0.4, 0.5) is 4.79 Å². The number of methoxy groups -OCH3 is 1. The van der Waals surface area contributed by atoms with Crippen molar-refractivity contribution in [2.75, 3.05) is 57.9 Å². The maximum absolute atomic E-state index is 14.7. The lowest BCUT2D eigenvalue weighted by Crippen LogP contribution is -2.69. The molecule has 5 aliphatic carbocycles. The zero-order valence-electron chi connectivity index (χ0n) is 37.3. The van der Waals surface area contributed by atoms with Gasteiger partial charge >= 0.3 is 12.0 Å². The Hall–Kier alpha value is -2.43. The van der Waals surface area contributed by atoms with Crippen molar-refractivity contribution in [3.8, 4) is 0 Å². The van der Waals surface area contributed by atoms with Gasteiger partial charge in [-0.15, -0.1) is 0 Å². The van der Waals surface area contributed by atoms with Crippen LogP contribution in [0.3, 0.4) is 0 Å². The number of allylic oxidation sites excluding steroid dienone is 2. The first-order valence-electron chi connectivity index (χ1n) is 22.7. The zero-order chi connectivity index (χ0) is 42.1. The van der Waals surface area contributed by atoms with Crippen molar-refractivity contribution < 1.29 is 27.9 Å². The number of carbonyl (C=O) groups excluding carboxylic acids is 1. The van der Waals surface area contributed by atoms with Crippen LogP contribution in [0.2, 0.25) is 0 Å². The molecule has 9 nitrogen and oxygen atoms in total. The largest absolute Gasteiger partial charge is 0.478 e. The number of hydrogen-bond acceptors (Lipinski definition) is 6. The molecule has 2 N–H and O–H groups in total. The lowest BCUT2D eigenvalue weighted by Gasteiger charge is -2.72. The highest BCUT2D eigenvalue weighted by molar-refractivity contribution is 7.91. The SMILES string of the molecule is COCCCN(CCN1CCS(=O)(=O)CC1)C(=O)NC12CCC(C(C)(C)C)C1C1CCC3C4(C)CC=C(c5ccc(C(=O)O)cc5)C(C)(C)C4CCC3(C)C1(C)CC2. The first-order chi connectivity index (χ1) is 27.1. The van der Waals surface area contributed by atoms with Crippen LogP contribution in [-0.2, 0) is 14.6 Å². The van der Waals surface area contributed by atoms with Gasteiger partial charge in [0.2, 0.25) is 0 Å². The normalized spacial score (nSPS) is 38.0. The van der Waals surface area contributed by atoms with E-state index in [1.54, 1.807) is 19.2 Å². The second-order valence-corrected chi connectivity index (χ2v) is 24.3. The lowest BCUT2D eigenvalue weighted by atomic mass is 9.32. The van der Waals surface area contributed by atoms with Gasteiger partial charge in [0.1, 0.15) is 0 Å². The molecule has 0 spiro atoms. The van der Waals surface area contributed by atoms with E-state index in [4.69, 9.17) is 4.74 Å². The second kappa shape index (κ2) is 15.5. The number of urea groups is 1. The van der Waals surface area contributed by atoms with Crippen LogP contribution >= 0.6 is 0 Å². The number of amides is 2. The third-order valence-corrected chi connectivity index (χ3v) is 19.7. The van der Waals surface area contributed by atoms with Crippen LogP contribution in [0.1, 0.15) is 136 Å². The first kappa shape index (κ1) is 43.7. The number of nitrogens with zero attached hydrogens (tertiary/aromatic N) is 2. The van der Waals surface area contributed by atoms with Gasteiger partial charge in [-0.05, 0) is 144 Å². The van der Waals surface area contributed by atoms with Gasteiger partial charge in [-0.2, -0.15) is 0 Å². The highest BCUT2D eigenvalue weighted by Gasteiger charge is 2.71. The molecule has 0 radical (unpaired) electrons. The van der Waals surface area contributed by atoms with Crippen molar-refractivity contribution >= 4 is 27.4 Å². The maximum Gasteiger partial charge on any atom is 0.335 e. The van der Waals surface area contributed by atoms with Gasteiger partial charge in [0.05, 0.1) is 17.1 Å². The van der Waals surface area contributed by atoms with E-state index in [-0.39, 0.29) is 50.2 Å². The highest BCUT2D eigenvalue weighted by atomic mass is 32.2. The van der Waals surface area contributed by atoms with Gasteiger partial charge in [0, 0.05) is 52.0 Å². The van der Waals surface area contributed by atoms with Crippen molar-refractivity contribution in [3.05, 3.63) is 41.5 Å². The van der Waals surface area contributed by atoms with Gasteiger partial charge in [0.15, 0.2) is 9.84 Å². The van der Waals surface area contributed by atoms with E-state index >= 15 is 0 Å². The topological polar surface area (TPSA) is 116 Å². The van der Waals surface area contributed by atoms with E-state index in [9.17, 15) is 23.1 Å². The fraction of sp³-hybridized carbons (Fsp3) is 0.792. The second-order valence-electron chi connectivity index (χ2n) is 22.0. The van der Waals surface area contributed by atoms with E-state index < -0.39 is 15.8 Å². The third kappa shape index (κ3) is 7.39. The number of ether oxygens (including phenoxy) is 1. The van der Waals surface area contributed by atoms with Crippen molar-refractivity contribution in [1.82, 2.24) is 15.1 Å². The summed E-state index contributed by atoms with van der Waals surface area (Å²) in [7, 11) is -1.25. The maximum atomic E-state index is 14.7. The molecule has 58 heavy (non-hydrogen) atoms. The molecular weight excluding hydrogens is 747 g/mol. The summed E-state index contributed by atoms with van der Waals surface area (Å²) in [6, 6.07) is 7.59. The van der Waals surface area contributed by atoms with E-state index in [1.807, 2.05) is 17.0 Å². The number of hydrogen-bond donors (Lipinski definition) is 2. The Labute approximate surface area is 350 Å². The number of carboxylic acid groups (broad SMARTS) is 1. The zero-order valence-corrected chi connectivity index (χ0v) is 38.1. The first-order valence-corrected chi connectivity index (χ1v) is 24.5. The van der Waals surface area contributed by atoms with Gasteiger partial charge in [-0.25, -0.2) is 18.0 Å². The fourth-order valence-electron chi connectivity index (χ4n) is 14.9. The lowest BCUT2D eigenvalue weighted by molar-refractivity contribution is -0.222. The van der Waals surface area contributed by atoms with Crippen LogP contribution in [0.25, 0.3) is 5.57 Å². The standard InChI is InChI=1S/C48H75N3O6S/c1-43(2,3)36-18-22-48(49-42(54)51(25-10-30-57-9)27-26-50-28-31-58(55,56)32-29-50)24-23-46(7)37(40(36)48)15-16-39-45(6)20-17-35(33-11-13-34(14-12-33)41(52)53)44(4,5)38(45)19-21-47(39,46)8/h11-14,17,36-40H,10,15-16,18-32H2,1-9H3,(H,49,54)(H,52,53). The molecule has 1 heterocycles. The summed E-state index contributed by atoms with van der Waals surface area (Å²) in [5.41, 5.74) is 3.22. The molecule has 6 aliphatic rings. The molecule has 1 aromatic carbocycles. The number of fused-ring (bicyclic) bond motifs is 7. The molecule has 1 saturated heterocycles. The summed E-state index contributed by atoms with van der Waals surface area (Å²) < 4.78 is 29.7. The van der Waals surface area contributed by atoms with Crippen molar-refractivity contribution in [3.63, 3.8) is 0 Å². The smallest absolute Gasteiger partial charge is 0.335 e. The molecule has 2 amide bonds. The summed E-state index contributed by atoms with van der Waals surface area (Å²) in [4.78, 5) is 30.5. The predicted octanol–water partition coefficient (Wildman–Crippen LogP) is 9.04. The predicted molar refractivity (Wildman–Crippen MR) is 232 cm³/mol. The molecule has 7 rings (SSSR count). The average molecular weight is 822 g/mol. The van der Waals surface area contributed by atoms with Crippen LogP contribution in [0.15, 0.2) is 30.3 Å². The number of carbonyl (C=O) groups is 2. The third-order valence-electron chi connectivity index (χ3n) is 18.1. The van der Waals surface area contributed by atoms with Crippen LogP contribution in [-0.4, -0.2) is 98.8 Å². The molecule has 4 saturated carbocycles. The minimum Gasteiger partial charge on any atom is -0.478 e. The molecule has 9 atom stereocenters. The van der Waals surface area contributed by atoms with Crippen molar-refractivity contribution in [2.45, 2.75) is 125 Å². The number of benzene rings is 1. The van der Waals surface area contributed by atoms with E-state index in [0.29, 0.717) is 74.5 Å². The number of rotatable bonds is 10. The van der Waals surface area contributed by atoms with Crippen molar-refractivity contribution in [1.29, 1.82) is 0 Å². The summed E-state index contributed by atoms with van der Waals surface area (Å²) in [6.45, 7) is 23.7.